The van der Waals surface area contributed by atoms with Gasteiger partial charge in [0.15, 0.2) is 0 Å². The lowest BCUT2D eigenvalue weighted by Gasteiger charge is -2.16. The molecule has 1 rings (SSSR count). The molecule has 3 heteroatoms. The van der Waals surface area contributed by atoms with Crippen molar-refractivity contribution in [1.29, 1.82) is 0 Å². The Bertz CT molecular complexity index is 299. The highest BCUT2D eigenvalue weighted by Gasteiger charge is 2.06. The zero-order valence-electron chi connectivity index (χ0n) is 9.33. The van der Waals surface area contributed by atoms with Crippen LogP contribution in [-0.2, 0) is 6.42 Å². The van der Waals surface area contributed by atoms with Crippen molar-refractivity contribution in [2.75, 3.05) is 6.54 Å². The van der Waals surface area contributed by atoms with Crippen molar-refractivity contribution < 1.29 is 0 Å². The monoisotopic (exact) mass is 270 g/mol. The number of benzene rings is 1. The average Bonchev–Trinajstić information content (AvgIpc) is 2.18. The Kier molecular flexibility index (Phi) is 5.29. The van der Waals surface area contributed by atoms with Crippen LogP contribution in [-0.4, -0.2) is 18.6 Å². The van der Waals surface area contributed by atoms with Crippen molar-refractivity contribution >= 4 is 15.9 Å². The van der Waals surface area contributed by atoms with Crippen molar-refractivity contribution in [2.45, 2.75) is 32.4 Å². The van der Waals surface area contributed by atoms with Gasteiger partial charge in [-0.25, -0.2) is 0 Å². The lowest BCUT2D eigenvalue weighted by atomic mass is 10.1. The Balaban J connectivity index is 2.44. The van der Waals surface area contributed by atoms with Gasteiger partial charge < -0.3 is 11.1 Å². The summed E-state index contributed by atoms with van der Waals surface area (Å²) in [4.78, 5) is 0. The highest BCUT2D eigenvalue weighted by molar-refractivity contribution is 9.10. The fourth-order valence-corrected chi connectivity index (χ4v) is 1.90. The Hall–Kier alpha value is -0.380. The largest absolute Gasteiger partial charge is 0.327 e. The van der Waals surface area contributed by atoms with E-state index in [-0.39, 0.29) is 6.04 Å². The predicted molar refractivity (Wildman–Crippen MR) is 69.0 cm³/mol. The van der Waals surface area contributed by atoms with E-state index in [2.05, 4.69) is 46.4 Å². The molecule has 0 amide bonds. The molecular weight excluding hydrogens is 252 g/mol. The summed E-state index contributed by atoms with van der Waals surface area (Å²) in [5.41, 5.74) is 7.03. The Labute approximate surface area is 100 Å². The van der Waals surface area contributed by atoms with E-state index in [0.29, 0.717) is 6.04 Å². The van der Waals surface area contributed by atoms with E-state index in [9.17, 15) is 0 Å². The number of halogens is 1. The number of nitrogens with one attached hydrogen (secondary N) is 1. The van der Waals surface area contributed by atoms with Crippen molar-refractivity contribution in [3.8, 4) is 0 Å². The summed E-state index contributed by atoms with van der Waals surface area (Å²) >= 11 is 3.55. The second-order valence-corrected chi connectivity index (χ2v) is 4.94. The van der Waals surface area contributed by atoms with E-state index < -0.39 is 0 Å². The molecule has 0 bridgehead atoms. The van der Waals surface area contributed by atoms with Crippen molar-refractivity contribution in [3.05, 3.63) is 34.3 Å². The van der Waals surface area contributed by atoms with Crippen LogP contribution >= 0.6 is 15.9 Å². The molecule has 2 unspecified atom stereocenters. The minimum Gasteiger partial charge on any atom is -0.327 e. The third kappa shape index (κ3) is 4.78. The SMILES string of the molecule is CC(N)CNC(C)Cc1ccccc1Br. The first kappa shape index (κ1) is 12.7. The van der Waals surface area contributed by atoms with Crippen LogP contribution in [0.15, 0.2) is 28.7 Å². The maximum absolute atomic E-state index is 5.69. The summed E-state index contributed by atoms with van der Waals surface area (Å²) in [5, 5.41) is 3.41. The molecule has 0 aliphatic heterocycles. The molecule has 84 valence electrons. The second kappa shape index (κ2) is 6.26. The fraction of sp³-hybridized carbons (Fsp3) is 0.500. The first-order valence-corrected chi connectivity index (χ1v) is 6.11. The van der Waals surface area contributed by atoms with Gasteiger partial charge in [0.25, 0.3) is 0 Å². The summed E-state index contributed by atoms with van der Waals surface area (Å²) in [6.07, 6.45) is 1.02. The van der Waals surface area contributed by atoms with E-state index in [4.69, 9.17) is 5.73 Å². The zero-order chi connectivity index (χ0) is 11.3. The summed E-state index contributed by atoms with van der Waals surface area (Å²) in [5.74, 6) is 0. The van der Waals surface area contributed by atoms with Gasteiger partial charge >= 0.3 is 0 Å². The van der Waals surface area contributed by atoms with E-state index in [1.807, 2.05) is 13.0 Å². The number of hydrogen-bond donors (Lipinski definition) is 2. The lowest BCUT2D eigenvalue weighted by molar-refractivity contribution is 0.514. The topological polar surface area (TPSA) is 38.0 Å². The Morgan fingerprint density at radius 1 is 1.33 bits per heavy atom. The van der Waals surface area contributed by atoms with E-state index in [1.165, 1.54) is 10.0 Å². The Morgan fingerprint density at radius 3 is 2.60 bits per heavy atom. The first-order chi connectivity index (χ1) is 7.09. The molecule has 0 heterocycles. The molecule has 1 aromatic rings. The normalized spacial score (nSPS) is 14.9. The van der Waals surface area contributed by atoms with Gasteiger partial charge in [0.2, 0.25) is 0 Å². The lowest BCUT2D eigenvalue weighted by Crippen LogP contribution is -2.37. The zero-order valence-corrected chi connectivity index (χ0v) is 10.9. The molecule has 0 radical (unpaired) electrons. The molecule has 2 atom stereocenters. The Morgan fingerprint density at radius 2 is 2.00 bits per heavy atom. The van der Waals surface area contributed by atoms with Crippen LogP contribution in [0.1, 0.15) is 19.4 Å². The first-order valence-electron chi connectivity index (χ1n) is 5.32. The molecule has 2 nitrogen and oxygen atoms in total. The van der Waals surface area contributed by atoms with Crippen molar-refractivity contribution in [1.82, 2.24) is 5.32 Å². The average molecular weight is 271 g/mol. The second-order valence-electron chi connectivity index (χ2n) is 4.08. The maximum Gasteiger partial charge on any atom is 0.0207 e. The third-order valence-electron chi connectivity index (χ3n) is 2.27. The molecule has 0 saturated carbocycles. The molecule has 0 aromatic heterocycles. The van der Waals surface area contributed by atoms with Crippen LogP contribution in [0.2, 0.25) is 0 Å². The van der Waals surface area contributed by atoms with Gasteiger partial charge in [-0.3, -0.25) is 0 Å². The van der Waals surface area contributed by atoms with Crippen LogP contribution in [0.3, 0.4) is 0 Å². The molecule has 15 heavy (non-hydrogen) atoms. The van der Waals surface area contributed by atoms with Crippen LogP contribution in [0.5, 0.6) is 0 Å². The van der Waals surface area contributed by atoms with E-state index in [1.54, 1.807) is 0 Å². The standard InChI is InChI=1S/C12H19BrN2/c1-9(14)8-15-10(2)7-11-5-3-4-6-12(11)13/h3-6,9-10,15H,7-8,14H2,1-2H3. The highest BCUT2D eigenvalue weighted by atomic mass is 79.9. The minimum absolute atomic E-state index is 0.215. The summed E-state index contributed by atoms with van der Waals surface area (Å²) in [6, 6.07) is 9.00. The summed E-state index contributed by atoms with van der Waals surface area (Å²) in [7, 11) is 0. The quantitative estimate of drug-likeness (QED) is 0.862. The summed E-state index contributed by atoms with van der Waals surface area (Å²) in [6.45, 7) is 5.06. The van der Waals surface area contributed by atoms with Gasteiger partial charge in [-0.1, -0.05) is 34.1 Å². The molecule has 0 aliphatic carbocycles. The van der Waals surface area contributed by atoms with Crippen LogP contribution < -0.4 is 11.1 Å². The molecule has 0 aliphatic rings. The van der Waals surface area contributed by atoms with Gasteiger partial charge in [0, 0.05) is 23.1 Å². The maximum atomic E-state index is 5.69. The summed E-state index contributed by atoms with van der Waals surface area (Å²) < 4.78 is 1.18. The molecular formula is C12H19BrN2. The minimum atomic E-state index is 0.215. The molecule has 3 N–H and O–H groups in total. The molecule has 0 fully saturated rings. The highest BCUT2D eigenvalue weighted by Crippen LogP contribution is 2.17. The molecule has 0 saturated heterocycles. The third-order valence-corrected chi connectivity index (χ3v) is 3.05. The van der Waals surface area contributed by atoms with Gasteiger partial charge in [0.05, 0.1) is 0 Å². The van der Waals surface area contributed by atoms with Crippen LogP contribution in [0.25, 0.3) is 0 Å². The number of hydrogen-bond acceptors (Lipinski definition) is 2. The van der Waals surface area contributed by atoms with Gasteiger partial charge in [0.1, 0.15) is 0 Å². The number of nitrogens with two attached hydrogens (primary N) is 1. The fourth-order valence-electron chi connectivity index (χ4n) is 1.45. The van der Waals surface area contributed by atoms with Gasteiger partial charge in [-0.05, 0) is 31.9 Å². The predicted octanol–water partition coefficient (Wildman–Crippen LogP) is 2.32. The van der Waals surface area contributed by atoms with E-state index >= 15 is 0 Å². The van der Waals surface area contributed by atoms with Crippen LogP contribution in [0, 0.1) is 0 Å². The van der Waals surface area contributed by atoms with E-state index in [0.717, 1.165) is 13.0 Å². The molecule has 0 spiro atoms. The van der Waals surface area contributed by atoms with Crippen LogP contribution in [0.4, 0.5) is 0 Å². The molecule has 1 aromatic carbocycles. The smallest absolute Gasteiger partial charge is 0.0207 e. The van der Waals surface area contributed by atoms with Crippen molar-refractivity contribution in [3.63, 3.8) is 0 Å². The number of rotatable bonds is 5. The van der Waals surface area contributed by atoms with Gasteiger partial charge in [-0.2, -0.15) is 0 Å². The van der Waals surface area contributed by atoms with Gasteiger partial charge in [-0.15, -0.1) is 0 Å². The van der Waals surface area contributed by atoms with Crippen molar-refractivity contribution in [2.24, 2.45) is 5.73 Å².